The van der Waals surface area contributed by atoms with Gasteiger partial charge < -0.3 is 4.98 Å². The Kier molecular flexibility index (Phi) is 2.34. The number of hydrogen-bond donors (Lipinski definition) is 1. The van der Waals surface area contributed by atoms with E-state index < -0.39 is 0 Å². The first-order chi connectivity index (χ1) is 6.97. The van der Waals surface area contributed by atoms with Crippen molar-refractivity contribution in [2.45, 2.75) is 34.1 Å². The predicted molar refractivity (Wildman–Crippen MR) is 66.2 cm³/mol. The van der Waals surface area contributed by atoms with Crippen molar-refractivity contribution in [2.75, 3.05) is 0 Å². The second-order valence-corrected chi connectivity index (χ2v) is 5.51. The van der Waals surface area contributed by atoms with Crippen molar-refractivity contribution in [1.29, 1.82) is 0 Å². The van der Waals surface area contributed by atoms with E-state index in [0.717, 1.165) is 6.42 Å². The number of aryl methyl sites for hydroxylation is 1. The lowest BCUT2D eigenvalue weighted by atomic mass is 9.87. The van der Waals surface area contributed by atoms with Gasteiger partial charge in [-0.25, -0.2) is 0 Å². The van der Waals surface area contributed by atoms with Crippen LogP contribution in [0.15, 0.2) is 24.3 Å². The van der Waals surface area contributed by atoms with Gasteiger partial charge in [-0.1, -0.05) is 39.0 Å². The standard InChI is InChI=1S/C14H19N/c1-10-12(9-14(2,3)4)11-7-5-6-8-13(11)15-10/h5-8,15H,9H2,1-4H3. The van der Waals surface area contributed by atoms with E-state index in [1.165, 1.54) is 22.2 Å². The van der Waals surface area contributed by atoms with E-state index in [9.17, 15) is 0 Å². The molecule has 0 radical (unpaired) electrons. The number of para-hydroxylation sites is 1. The summed E-state index contributed by atoms with van der Waals surface area (Å²) in [5.41, 5.74) is 4.38. The summed E-state index contributed by atoms with van der Waals surface area (Å²) in [5, 5.41) is 1.38. The summed E-state index contributed by atoms with van der Waals surface area (Å²) < 4.78 is 0. The predicted octanol–water partition coefficient (Wildman–Crippen LogP) is 4.06. The molecule has 1 heteroatoms. The zero-order valence-corrected chi connectivity index (χ0v) is 10.0. The summed E-state index contributed by atoms with van der Waals surface area (Å²) in [5.74, 6) is 0. The van der Waals surface area contributed by atoms with Gasteiger partial charge in [0.25, 0.3) is 0 Å². The van der Waals surface area contributed by atoms with Gasteiger partial charge in [0.1, 0.15) is 0 Å². The molecule has 0 saturated heterocycles. The van der Waals surface area contributed by atoms with Gasteiger partial charge in [0.2, 0.25) is 0 Å². The van der Waals surface area contributed by atoms with Crippen LogP contribution in [-0.4, -0.2) is 4.98 Å². The topological polar surface area (TPSA) is 15.8 Å². The molecule has 1 aromatic heterocycles. The maximum absolute atomic E-state index is 3.45. The first-order valence-corrected chi connectivity index (χ1v) is 5.53. The normalized spacial score (nSPS) is 12.3. The molecule has 1 heterocycles. The van der Waals surface area contributed by atoms with Crippen LogP contribution in [0, 0.1) is 12.3 Å². The van der Waals surface area contributed by atoms with E-state index >= 15 is 0 Å². The molecule has 1 aromatic carbocycles. The van der Waals surface area contributed by atoms with Crippen LogP contribution in [0.2, 0.25) is 0 Å². The minimum Gasteiger partial charge on any atom is -0.358 e. The lowest BCUT2D eigenvalue weighted by molar-refractivity contribution is 0.411. The second-order valence-electron chi connectivity index (χ2n) is 5.51. The van der Waals surface area contributed by atoms with Crippen LogP contribution < -0.4 is 0 Å². The van der Waals surface area contributed by atoms with Gasteiger partial charge in [0, 0.05) is 16.6 Å². The van der Waals surface area contributed by atoms with Crippen LogP contribution in [-0.2, 0) is 6.42 Å². The average Bonchev–Trinajstić information content (AvgIpc) is 2.41. The Labute approximate surface area is 91.5 Å². The Morgan fingerprint density at radius 3 is 2.47 bits per heavy atom. The van der Waals surface area contributed by atoms with E-state index in [-0.39, 0.29) is 0 Å². The second kappa shape index (κ2) is 3.41. The van der Waals surface area contributed by atoms with Crippen molar-refractivity contribution in [3.63, 3.8) is 0 Å². The Morgan fingerprint density at radius 1 is 1.13 bits per heavy atom. The molecule has 15 heavy (non-hydrogen) atoms. The molecule has 0 fully saturated rings. The maximum atomic E-state index is 3.45. The number of aromatic amines is 1. The van der Waals surface area contributed by atoms with Crippen LogP contribution in [0.4, 0.5) is 0 Å². The number of H-pyrrole nitrogens is 1. The Morgan fingerprint density at radius 2 is 1.80 bits per heavy atom. The van der Waals surface area contributed by atoms with Crippen LogP contribution in [0.1, 0.15) is 32.0 Å². The molecule has 0 atom stereocenters. The summed E-state index contributed by atoms with van der Waals surface area (Å²) in [7, 11) is 0. The van der Waals surface area contributed by atoms with Gasteiger partial charge in [-0.3, -0.25) is 0 Å². The van der Waals surface area contributed by atoms with E-state index in [1.807, 2.05) is 0 Å². The summed E-state index contributed by atoms with van der Waals surface area (Å²) in [6.07, 6.45) is 1.13. The minimum absolute atomic E-state index is 0.343. The number of hydrogen-bond acceptors (Lipinski definition) is 0. The van der Waals surface area contributed by atoms with Crippen molar-refractivity contribution in [3.05, 3.63) is 35.5 Å². The Hall–Kier alpha value is -1.24. The molecule has 2 rings (SSSR count). The van der Waals surface area contributed by atoms with Crippen molar-refractivity contribution in [3.8, 4) is 0 Å². The zero-order chi connectivity index (χ0) is 11.1. The summed E-state index contributed by atoms with van der Waals surface area (Å²) in [4.78, 5) is 3.45. The molecule has 0 unspecified atom stereocenters. The summed E-state index contributed by atoms with van der Waals surface area (Å²) >= 11 is 0. The van der Waals surface area contributed by atoms with Crippen LogP contribution in [0.3, 0.4) is 0 Å². The van der Waals surface area contributed by atoms with Gasteiger partial charge in [-0.15, -0.1) is 0 Å². The highest BCUT2D eigenvalue weighted by Gasteiger charge is 2.16. The van der Waals surface area contributed by atoms with E-state index in [4.69, 9.17) is 0 Å². The van der Waals surface area contributed by atoms with Crippen molar-refractivity contribution < 1.29 is 0 Å². The van der Waals surface area contributed by atoms with E-state index in [1.54, 1.807) is 0 Å². The third-order valence-corrected chi connectivity index (χ3v) is 2.73. The fraction of sp³-hybridized carbons (Fsp3) is 0.429. The molecule has 80 valence electrons. The van der Waals surface area contributed by atoms with Crippen molar-refractivity contribution in [2.24, 2.45) is 5.41 Å². The zero-order valence-electron chi connectivity index (χ0n) is 10.0. The quantitative estimate of drug-likeness (QED) is 0.716. The fourth-order valence-electron chi connectivity index (χ4n) is 2.09. The molecule has 0 bridgehead atoms. The van der Waals surface area contributed by atoms with Gasteiger partial charge in [0.05, 0.1) is 0 Å². The SMILES string of the molecule is Cc1[nH]c2ccccc2c1CC(C)(C)C. The summed E-state index contributed by atoms with van der Waals surface area (Å²) in [6, 6.07) is 8.55. The van der Waals surface area contributed by atoms with Gasteiger partial charge in [-0.2, -0.15) is 0 Å². The highest BCUT2D eigenvalue weighted by Crippen LogP contribution is 2.28. The minimum atomic E-state index is 0.343. The lowest BCUT2D eigenvalue weighted by Gasteiger charge is -2.18. The summed E-state index contributed by atoms with van der Waals surface area (Å²) in [6.45, 7) is 9.03. The van der Waals surface area contributed by atoms with Crippen molar-refractivity contribution in [1.82, 2.24) is 4.98 Å². The highest BCUT2D eigenvalue weighted by molar-refractivity contribution is 5.84. The van der Waals surface area contributed by atoms with Gasteiger partial charge in [-0.05, 0) is 30.4 Å². The Balaban J connectivity index is 2.54. The highest BCUT2D eigenvalue weighted by atomic mass is 14.7. The molecular weight excluding hydrogens is 182 g/mol. The van der Waals surface area contributed by atoms with Crippen LogP contribution in [0.25, 0.3) is 10.9 Å². The van der Waals surface area contributed by atoms with E-state index in [2.05, 4.69) is 56.9 Å². The third-order valence-electron chi connectivity index (χ3n) is 2.73. The van der Waals surface area contributed by atoms with Gasteiger partial charge >= 0.3 is 0 Å². The first-order valence-electron chi connectivity index (χ1n) is 5.53. The average molecular weight is 201 g/mol. The van der Waals surface area contributed by atoms with Crippen molar-refractivity contribution >= 4 is 10.9 Å². The lowest BCUT2D eigenvalue weighted by Crippen LogP contribution is -2.09. The smallest absolute Gasteiger partial charge is 0.0458 e. The number of benzene rings is 1. The largest absolute Gasteiger partial charge is 0.358 e. The molecule has 0 aliphatic heterocycles. The molecule has 0 amide bonds. The molecule has 1 nitrogen and oxygen atoms in total. The van der Waals surface area contributed by atoms with Gasteiger partial charge in [0.15, 0.2) is 0 Å². The third kappa shape index (κ3) is 2.06. The number of rotatable bonds is 1. The molecule has 0 saturated carbocycles. The molecule has 1 N–H and O–H groups in total. The number of aromatic nitrogens is 1. The monoisotopic (exact) mass is 201 g/mol. The fourth-order valence-corrected chi connectivity index (χ4v) is 2.09. The van der Waals surface area contributed by atoms with Crippen LogP contribution in [0.5, 0.6) is 0 Å². The number of nitrogens with one attached hydrogen (secondary N) is 1. The molecule has 0 spiro atoms. The molecule has 0 aliphatic rings. The first kappa shape index (κ1) is 10.3. The molecule has 0 aliphatic carbocycles. The van der Waals surface area contributed by atoms with E-state index in [0.29, 0.717) is 5.41 Å². The Bertz CT molecular complexity index is 472. The maximum Gasteiger partial charge on any atom is 0.0458 e. The molecular formula is C14H19N. The molecule has 2 aromatic rings. The van der Waals surface area contributed by atoms with Crippen LogP contribution >= 0.6 is 0 Å². The number of fused-ring (bicyclic) bond motifs is 1.